The minimum Gasteiger partial charge on any atom is -0.472 e. The molecular formula is C13H16N4O. The zero-order valence-corrected chi connectivity index (χ0v) is 10.5. The first-order chi connectivity index (χ1) is 8.75. The summed E-state index contributed by atoms with van der Waals surface area (Å²) in [7, 11) is 0. The number of rotatable bonds is 5. The minimum absolute atomic E-state index is 0.0724. The molecule has 0 bridgehead atoms. The van der Waals surface area contributed by atoms with Gasteiger partial charge in [0, 0.05) is 31.3 Å². The van der Waals surface area contributed by atoms with Gasteiger partial charge in [0.2, 0.25) is 0 Å². The van der Waals surface area contributed by atoms with Crippen LogP contribution in [-0.4, -0.2) is 21.1 Å². The Labute approximate surface area is 106 Å². The molecule has 0 fully saturated rings. The quantitative estimate of drug-likeness (QED) is 0.874. The monoisotopic (exact) mass is 244 g/mol. The summed E-state index contributed by atoms with van der Waals surface area (Å²) in [6.45, 7) is 4.58. The normalized spacial score (nSPS) is 10.4. The average Bonchev–Trinajstić information content (AvgIpc) is 2.38. The molecule has 1 N–H and O–H groups in total. The highest BCUT2D eigenvalue weighted by Gasteiger charge is 2.07. The Bertz CT molecular complexity index is 487. The zero-order chi connectivity index (χ0) is 12.8. The van der Waals surface area contributed by atoms with Crippen LogP contribution in [-0.2, 0) is 6.54 Å². The molecule has 0 aliphatic carbocycles. The maximum absolute atomic E-state index is 5.59. The van der Waals surface area contributed by atoms with Crippen LogP contribution in [0.4, 0.5) is 5.82 Å². The Balaban J connectivity index is 2.05. The highest BCUT2D eigenvalue weighted by molar-refractivity contribution is 5.45. The molecule has 0 unspecified atom stereocenters. The number of nitrogens with zero attached hydrogens (tertiary/aromatic N) is 3. The van der Waals surface area contributed by atoms with E-state index in [4.69, 9.17) is 4.74 Å². The Morgan fingerprint density at radius 2 is 1.83 bits per heavy atom. The van der Waals surface area contributed by atoms with Crippen LogP contribution in [0.3, 0.4) is 0 Å². The van der Waals surface area contributed by atoms with Crippen LogP contribution in [0.1, 0.15) is 19.4 Å². The van der Waals surface area contributed by atoms with E-state index in [0.29, 0.717) is 18.2 Å². The number of nitrogens with one attached hydrogen (secondary N) is 1. The van der Waals surface area contributed by atoms with Gasteiger partial charge in [-0.1, -0.05) is 0 Å². The van der Waals surface area contributed by atoms with Crippen molar-refractivity contribution in [1.82, 2.24) is 15.0 Å². The highest BCUT2D eigenvalue weighted by Crippen LogP contribution is 2.19. The Hall–Kier alpha value is -2.17. The number of hydrogen-bond acceptors (Lipinski definition) is 5. The first-order valence-electron chi connectivity index (χ1n) is 5.86. The van der Waals surface area contributed by atoms with E-state index in [2.05, 4.69) is 20.3 Å². The van der Waals surface area contributed by atoms with Gasteiger partial charge in [-0.15, -0.1) is 0 Å². The van der Waals surface area contributed by atoms with Crippen molar-refractivity contribution in [3.63, 3.8) is 0 Å². The largest absolute Gasteiger partial charge is 0.472 e. The fourth-order valence-electron chi connectivity index (χ4n) is 1.44. The van der Waals surface area contributed by atoms with Crippen molar-refractivity contribution in [2.45, 2.75) is 26.5 Å². The maximum Gasteiger partial charge on any atom is 0.257 e. The molecule has 0 aliphatic rings. The Morgan fingerprint density at radius 3 is 2.56 bits per heavy atom. The van der Waals surface area contributed by atoms with Crippen LogP contribution in [0.5, 0.6) is 5.88 Å². The van der Waals surface area contributed by atoms with Gasteiger partial charge >= 0.3 is 0 Å². The van der Waals surface area contributed by atoms with E-state index in [1.807, 2.05) is 26.0 Å². The Kier molecular flexibility index (Phi) is 4.06. The highest BCUT2D eigenvalue weighted by atomic mass is 16.5. The summed E-state index contributed by atoms with van der Waals surface area (Å²) in [5.74, 6) is 1.18. The molecule has 18 heavy (non-hydrogen) atoms. The summed E-state index contributed by atoms with van der Waals surface area (Å²) in [5.41, 5.74) is 1.13. The Morgan fingerprint density at radius 1 is 1.11 bits per heavy atom. The molecule has 2 aromatic heterocycles. The fourth-order valence-corrected chi connectivity index (χ4v) is 1.44. The van der Waals surface area contributed by atoms with E-state index in [1.165, 1.54) is 0 Å². The topological polar surface area (TPSA) is 59.9 Å². The van der Waals surface area contributed by atoms with Crippen LogP contribution >= 0.6 is 0 Å². The molecule has 0 atom stereocenters. The summed E-state index contributed by atoms with van der Waals surface area (Å²) in [6, 6.07) is 3.90. The predicted octanol–water partition coefficient (Wildman–Crippen LogP) is 2.27. The van der Waals surface area contributed by atoms with Crippen molar-refractivity contribution >= 4 is 5.82 Å². The first-order valence-corrected chi connectivity index (χ1v) is 5.86. The van der Waals surface area contributed by atoms with Crippen molar-refractivity contribution in [2.24, 2.45) is 0 Å². The summed E-state index contributed by atoms with van der Waals surface area (Å²) >= 11 is 0. The van der Waals surface area contributed by atoms with Gasteiger partial charge in [0.1, 0.15) is 0 Å². The van der Waals surface area contributed by atoms with Crippen molar-refractivity contribution in [1.29, 1.82) is 0 Å². The standard InChI is InChI=1S/C13H16N4O/c1-10(2)18-13-12(15-7-8-16-13)17-9-11-3-5-14-6-4-11/h3-8,10H,9H2,1-2H3,(H,15,17). The van der Waals surface area contributed by atoms with Gasteiger partial charge in [-0.05, 0) is 31.5 Å². The van der Waals surface area contributed by atoms with Gasteiger partial charge in [0.15, 0.2) is 5.82 Å². The molecule has 5 heteroatoms. The molecule has 0 saturated carbocycles. The smallest absolute Gasteiger partial charge is 0.257 e. The van der Waals surface area contributed by atoms with Gasteiger partial charge in [0.25, 0.3) is 5.88 Å². The van der Waals surface area contributed by atoms with Crippen LogP contribution < -0.4 is 10.1 Å². The van der Waals surface area contributed by atoms with Crippen LogP contribution in [0.25, 0.3) is 0 Å². The molecular weight excluding hydrogens is 228 g/mol. The van der Waals surface area contributed by atoms with E-state index in [-0.39, 0.29) is 6.10 Å². The molecule has 0 aliphatic heterocycles. The van der Waals surface area contributed by atoms with E-state index in [0.717, 1.165) is 5.56 Å². The van der Waals surface area contributed by atoms with Crippen molar-refractivity contribution < 1.29 is 4.74 Å². The van der Waals surface area contributed by atoms with E-state index in [1.54, 1.807) is 24.8 Å². The third-order valence-corrected chi connectivity index (χ3v) is 2.22. The first kappa shape index (κ1) is 12.3. The summed E-state index contributed by atoms with van der Waals surface area (Å²) in [5, 5.41) is 3.21. The third kappa shape index (κ3) is 3.41. The van der Waals surface area contributed by atoms with E-state index < -0.39 is 0 Å². The number of hydrogen-bond donors (Lipinski definition) is 1. The van der Waals surface area contributed by atoms with Crippen LogP contribution in [0.2, 0.25) is 0 Å². The van der Waals surface area contributed by atoms with Gasteiger partial charge in [-0.2, -0.15) is 0 Å². The lowest BCUT2D eigenvalue weighted by molar-refractivity contribution is 0.233. The van der Waals surface area contributed by atoms with Crippen molar-refractivity contribution in [3.05, 3.63) is 42.5 Å². The number of aromatic nitrogens is 3. The summed E-state index contributed by atoms with van der Waals surface area (Å²) < 4.78 is 5.59. The predicted molar refractivity (Wildman–Crippen MR) is 69.4 cm³/mol. The number of anilines is 1. The van der Waals surface area contributed by atoms with Crippen molar-refractivity contribution in [3.8, 4) is 5.88 Å². The zero-order valence-electron chi connectivity index (χ0n) is 10.5. The third-order valence-electron chi connectivity index (χ3n) is 2.22. The fraction of sp³-hybridized carbons (Fsp3) is 0.308. The molecule has 94 valence electrons. The lowest BCUT2D eigenvalue weighted by Gasteiger charge is -2.12. The van der Waals surface area contributed by atoms with Crippen LogP contribution in [0, 0.1) is 0 Å². The molecule has 0 saturated heterocycles. The van der Waals surface area contributed by atoms with Gasteiger partial charge in [0.05, 0.1) is 6.10 Å². The summed E-state index contributed by atoms with van der Waals surface area (Å²) in [4.78, 5) is 12.4. The number of ether oxygens (including phenoxy) is 1. The molecule has 0 radical (unpaired) electrons. The lowest BCUT2D eigenvalue weighted by atomic mass is 10.3. The van der Waals surface area contributed by atoms with Gasteiger partial charge < -0.3 is 10.1 Å². The molecule has 0 spiro atoms. The van der Waals surface area contributed by atoms with Gasteiger partial charge in [-0.25, -0.2) is 9.97 Å². The van der Waals surface area contributed by atoms with Crippen molar-refractivity contribution in [2.75, 3.05) is 5.32 Å². The molecule has 0 aromatic carbocycles. The molecule has 2 heterocycles. The summed E-state index contributed by atoms with van der Waals surface area (Å²) in [6.07, 6.45) is 6.86. The maximum atomic E-state index is 5.59. The second-order valence-electron chi connectivity index (χ2n) is 4.09. The SMILES string of the molecule is CC(C)Oc1nccnc1NCc1ccncc1. The van der Waals surface area contributed by atoms with Crippen LogP contribution in [0.15, 0.2) is 36.9 Å². The molecule has 2 rings (SSSR count). The molecule has 0 amide bonds. The van der Waals surface area contributed by atoms with Gasteiger partial charge in [-0.3, -0.25) is 4.98 Å². The lowest BCUT2D eigenvalue weighted by Crippen LogP contribution is -2.11. The second kappa shape index (κ2) is 5.95. The minimum atomic E-state index is 0.0724. The molecule has 2 aromatic rings. The number of pyridine rings is 1. The van der Waals surface area contributed by atoms with E-state index in [9.17, 15) is 0 Å². The molecule has 5 nitrogen and oxygen atoms in total. The average molecular weight is 244 g/mol. The second-order valence-corrected chi connectivity index (χ2v) is 4.09. The van der Waals surface area contributed by atoms with E-state index >= 15 is 0 Å².